The Bertz CT molecular complexity index is 1140. The fourth-order valence-corrected chi connectivity index (χ4v) is 5.01. The molecule has 1 saturated carbocycles. The fraction of sp³-hybridized carbons (Fsp3) is 0.261. The summed E-state index contributed by atoms with van der Waals surface area (Å²) in [6.07, 6.45) is 4.96. The quantitative estimate of drug-likeness (QED) is 0.355. The first-order chi connectivity index (χ1) is 14.8. The molecule has 1 aliphatic heterocycles. The monoisotopic (exact) mass is 417 g/mol. The van der Waals surface area contributed by atoms with Crippen LogP contribution in [0.2, 0.25) is 0 Å². The van der Waals surface area contributed by atoms with Crippen LogP contribution in [0, 0.1) is 40.7 Å². The van der Waals surface area contributed by atoms with E-state index >= 15 is 0 Å². The number of anilines is 2. The first-order valence-corrected chi connectivity index (χ1v) is 10.1. The molecule has 2 aromatic carbocycles. The number of aryl methyl sites for hydroxylation is 1. The molecule has 8 heteroatoms. The summed E-state index contributed by atoms with van der Waals surface area (Å²) in [5.41, 5.74) is 1.50. The number of carbonyl (C=O) groups excluding carboxylic acids is 3. The second-order valence-corrected chi connectivity index (χ2v) is 8.27. The molecule has 0 unspecified atom stereocenters. The van der Waals surface area contributed by atoms with Gasteiger partial charge in [-0.05, 0) is 55.5 Å². The lowest BCUT2D eigenvalue weighted by Crippen LogP contribution is -2.32. The van der Waals surface area contributed by atoms with Crippen LogP contribution >= 0.6 is 0 Å². The minimum Gasteiger partial charge on any atom is -0.322 e. The van der Waals surface area contributed by atoms with E-state index in [2.05, 4.69) is 5.32 Å². The number of allylic oxidation sites excluding steroid dienone is 2. The smallest absolute Gasteiger partial charge is 0.274 e. The van der Waals surface area contributed by atoms with Crippen LogP contribution in [0.4, 0.5) is 17.1 Å². The van der Waals surface area contributed by atoms with Crippen LogP contribution in [-0.4, -0.2) is 22.6 Å². The van der Waals surface area contributed by atoms with Crippen LogP contribution in [0.1, 0.15) is 22.3 Å². The summed E-state index contributed by atoms with van der Waals surface area (Å²) in [6.45, 7) is 1.62. The van der Waals surface area contributed by atoms with Gasteiger partial charge in [0.05, 0.1) is 22.4 Å². The van der Waals surface area contributed by atoms with Crippen molar-refractivity contribution in [3.8, 4) is 0 Å². The minimum absolute atomic E-state index is 0.0757. The standard InChI is InChI=1S/C23H19N3O5/c1-12-2-7-16(11-18(12)26(30)31)24-21(27)13-5-8-17(9-6-13)25-22(28)19-14-3-4-15(10-14)20(19)23(25)29/h2-9,11,14-15,19-20H,10H2,1H3,(H,24,27)/t14-,15-,19-,20+/m0/s1. The number of nitro groups is 1. The average molecular weight is 417 g/mol. The third kappa shape index (κ3) is 2.94. The minimum atomic E-state index is -0.499. The van der Waals surface area contributed by atoms with Crippen LogP contribution in [0.25, 0.3) is 0 Å². The van der Waals surface area contributed by atoms with E-state index in [1.54, 1.807) is 31.2 Å². The van der Waals surface area contributed by atoms with E-state index in [1.807, 2.05) is 12.2 Å². The van der Waals surface area contributed by atoms with Gasteiger partial charge in [0.25, 0.3) is 11.6 Å². The summed E-state index contributed by atoms with van der Waals surface area (Å²) in [5, 5.41) is 13.7. The van der Waals surface area contributed by atoms with Crippen molar-refractivity contribution >= 4 is 34.8 Å². The van der Waals surface area contributed by atoms with Crippen LogP contribution in [0.15, 0.2) is 54.6 Å². The Labute approximate surface area is 177 Å². The van der Waals surface area contributed by atoms with Crippen molar-refractivity contribution in [2.75, 3.05) is 10.2 Å². The normalized spacial score (nSPS) is 25.8. The topological polar surface area (TPSA) is 110 Å². The number of nitrogens with zero attached hydrogens (tertiary/aromatic N) is 2. The molecule has 0 radical (unpaired) electrons. The molecule has 0 aromatic heterocycles. The number of imide groups is 1. The summed E-state index contributed by atoms with van der Waals surface area (Å²) in [6, 6.07) is 10.7. The number of nitro benzene ring substituents is 1. The zero-order valence-electron chi connectivity index (χ0n) is 16.6. The van der Waals surface area contributed by atoms with Crippen LogP contribution in [0.3, 0.4) is 0 Å². The van der Waals surface area contributed by atoms with Gasteiger partial charge >= 0.3 is 0 Å². The van der Waals surface area contributed by atoms with E-state index < -0.39 is 10.8 Å². The Balaban J connectivity index is 1.33. The fourth-order valence-electron chi connectivity index (χ4n) is 5.01. The van der Waals surface area contributed by atoms with Gasteiger partial charge in [-0.3, -0.25) is 29.4 Å². The van der Waals surface area contributed by atoms with Crippen molar-refractivity contribution in [1.82, 2.24) is 0 Å². The first-order valence-electron chi connectivity index (χ1n) is 10.1. The van der Waals surface area contributed by atoms with Crippen molar-refractivity contribution in [2.24, 2.45) is 23.7 Å². The molecule has 1 N–H and O–H groups in total. The maximum Gasteiger partial charge on any atom is 0.274 e. The molecule has 5 rings (SSSR count). The van der Waals surface area contributed by atoms with E-state index in [1.165, 1.54) is 23.1 Å². The largest absolute Gasteiger partial charge is 0.322 e. The van der Waals surface area contributed by atoms with Crippen LogP contribution < -0.4 is 10.2 Å². The molecule has 2 aliphatic carbocycles. The molecular formula is C23H19N3O5. The highest BCUT2D eigenvalue weighted by atomic mass is 16.6. The Morgan fingerprint density at radius 3 is 2.23 bits per heavy atom. The van der Waals surface area contributed by atoms with Gasteiger partial charge in [0.2, 0.25) is 11.8 Å². The van der Waals surface area contributed by atoms with Crippen LogP contribution in [0.5, 0.6) is 0 Å². The molecule has 8 nitrogen and oxygen atoms in total. The van der Waals surface area contributed by atoms with Crippen molar-refractivity contribution in [2.45, 2.75) is 13.3 Å². The zero-order chi connectivity index (χ0) is 21.9. The van der Waals surface area contributed by atoms with Gasteiger partial charge < -0.3 is 5.32 Å². The molecule has 2 fully saturated rings. The molecule has 2 bridgehead atoms. The lowest BCUT2D eigenvalue weighted by molar-refractivity contribution is -0.385. The molecule has 1 saturated heterocycles. The Hall–Kier alpha value is -3.81. The molecule has 0 spiro atoms. The van der Waals surface area contributed by atoms with Gasteiger partial charge in [-0.25, -0.2) is 0 Å². The van der Waals surface area contributed by atoms with Gasteiger partial charge in [0.15, 0.2) is 0 Å². The molecule has 1 heterocycles. The Morgan fingerprint density at radius 1 is 1.03 bits per heavy atom. The van der Waals surface area contributed by atoms with Crippen LogP contribution in [-0.2, 0) is 9.59 Å². The third-order valence-electron chi connectivity index (χ3n) is 6.52. The Kier molecular flexibility index (Phi) is 4.25. The van der Waals surface area contributed by atoms with Crippen molar-refractivity contribution in [3.05, 3.63) is 75.9 Å². The highest BCUT2D eigenvalue weighted by molar-refractivity contribution is 6.23. The summed E-state index contributed by atoms with van der Waals surface area (Å²) in [5.74, 6) is -1.05. The van der Waals surface area contributed by atoms with E-state index in [-0.39, 0.29) is 41.2 Å². The predicted octanol–water partition coefficient (Wildman–Crippen LogP) is 3.47. The first kappa shape index (κ1) is 19.2. The van der Waals surface area contributed by atoms with Gasteiger partial charge in [-0.1, -0.05) is 18.2 Å². The van der Waals surface area contributed by atoms with E-state index in [0.717, 1.165) is 6.42 Å². The van der Waals surface area contributed by atoms with Crippen molar-refractivity contribution in [3.63, 3.8) is 0 Å². The van der Waals surface area contributed by atoms with E-state index in [0.29, 0.717) is 22.5 Å². The van der Waals surface area contributed by atoms with Crippen molar-refractivity contribution < 1.29 is 19.3 Å². The second-order valence-electron chi connectivity index (χ2n) is 8.27. The van der Waals surface area contributed by atoms with Gasteiger partial charge in [-0.2, -0.15) is 0 Å². The summed E-state index contributed by atoms with van der Waals surface area (Å²) in [4.78, 5) is 50.2. The molecule has 2 aromatic rings. The highest BCUT2D eigenvalue weighted by Crippen LogP contribution is 2.53. The maximum atomic E-state index is 12.9. The summed E-state index contributed by atoms with van der Waals surface area (Å²) < 4.78 is 0. The lowest BCUT2D eigenvalue weighted by atomic mass is 9.85. The molecule has 156 valence electrons. The second kappa shape index (κ2) is 6.87. The number of fused-ring (bicyclic) bond motifs is 5. The highest BCUT2D eigenvalue weighted by Gasteiger charge is 2.59. The van der Waals surface area contributed by atoms with E-state index in [4.69, 9.17) is 0 Å². The molecule has 3 amide bonds. The Morgan fingerprint density at radius 2 is 1.65 bits per heavy atom. The number of carbonyl (C=O) groups is 3. The lowest BCUT2D eigenvalue weighted by Gasteiger charge is -2.17. The number of benzene rings is 2. The predicted molar refractivity (Wildman–Crippen MR) is 112 cm³/mol. The van der Waals surface area contributed by atoms with Gasteiger partial charge in [-0.15, -0.1) is 0 Å². The molecule has 3 aliphatic rings. The molecular weight excluding hydrogens is 398 g/mol. The number of nitrogens with one attached hydrogen (secondary N) is 1. The number of hydrogen-bond donors (Lipinski definition) is 1. The van der Waals surface area contributed by atoms with Crippen molar-refractivity contribution in [1.29, 1.82) is 0 Å². The molecule has 31 heavy (non-hydrogen) atoms. The summed E-state index contributed by atoms with van der Waals surface area (Å²) in [7, 11) is 0. The number of rotatable bonds is 4. The van der Waals surface area contributed by atoms with Gasteiger partial charge in [0.1, 0.15) is 0 Å². The molecule has 4 atom stereocenters. The third-order valence-corrected chi connectivity index (χ3v) is 6.52. The maximum absolute atomic E-state index is 12.9. The average Bonchev–Trinajstić information content (AvgIpc) is 3.43. The number of amides is 3. The van der Waals surface area contributed by atoms with E-state index in [9.17, 15) is 24.5 Å². The summed E-state index contributed by atoms with van der Waals surface area (Å²) >= 11 is 0. The zero-order valence-corrected chi connectivity index (χ0v) is 16.6. The van der Waals surface area contributed by atoms with Gasteiger partial charge in [0, 0.05) is 22.9 Å². The SMILES string of the molecule is Cc1ccc(NC(=O)c2ccc(N3C(=O)[C@@H]4[C@H](C3=O)[C@H]3C=C[C@H]4C3)cc2)cc1[N+](=O)[O-]. The number of hydrogen-bond acceptors (Lipinski definition) is 5.